The molecule has 9 heteroatoms. The predicted octanol–water partition coefficient (Wildman–Crippen LogP) is 4.21. The summed E-state index contributed by atoms with van der Waals surface area (Å²) in [7, 11) is 0. The van der Waals surface area contributed by atoms with Crippen LogP contribution in [0.25, 0.3) is 22.3 Å². The van der Waals surface area contributed by atoms with E-state index in [0.29, 0.717) is 16.2 Å². The van der Waals surface area contributed by atoms with Gasteiger partial charge in [-0.3, -0.25) is 14.9 Å². The molecule has 7 nitrogen and oxygen atoms in total. The Bertz CT molecular complexity index is 1240. The maximum absolute atomic E-state index is 12.9. The zero-order valence-corrected chi connectivity index (χ0v) is 16.6. The molecule has 0 bridgehead atoms. The van der Waals surface area contributed by atoms with Crippen LogP contribution in [0.2, 0.25) is 0 Å². The molecule has 0 radical (unpaired) electrons. The second-order valence-electron chi connectivity index (χ2n) is 6.38. The third kappa shape index (κ3) is 4.41. The molecule has 0 aliphatic heterocycles. The van der Waals surface area contributed by atoms with E-state index in [4.69, 9.17) is 0 Å². The molecule has 0 unspecified atom stereocenters. The minimum Gasteiger partial charge on any atom is -0.326 e. The summed E-state index contributed by atoms with van der Waals surface area (Å²) in [6, 6.07) is 13.2. The molecule has 2 N–H and O–H groups in total. The number of halogens is 1. The molecule has 0 aliphatic rings. The Hall–Kier alpha value is -3.85. The van der Waals surface area contributed by atoms with Gasteiger partial charge in [0.05, 0.1) is 5.69 Å². The van der Waals surface area contributed by atoms with Crippen molar-refractivity contribution < 1.29 is 14.0 Å². The molecule has 2 aromatic carbocycles. The summed E-state index contributed by atoms with van der Waals surface area (Å²) in [5.74, 6) is -0.671. The van der Waals surface area contributed by atoms with Gasteiger partial charge in [0.2, 0.25) is 10.9 Å². The monoisotopic (exact) mass is 421 g/mol. The zero-order valence-electron chi connectivity index (χ0n) is 15.8. The topological polar surface area (TPSA) is 88.4 Å². The molecule has 4 aromatic rings. The van der Waals surface area contributed by atoms with E-state index in [2.05, 4.69) is 20.7 Å². The number of nitrogens with zero attached hydrogens (tertiary/aromatic N) is 3. The average molecular weight is 421 g/mol. The first-order valence-corrected chi connectivity index (χ1v) is 9.83. The van der Waals surface area contributed by atoms with Crippen LogP contribution < -0.4 is 10.6 Å². The van der Waals surface area contributed by atoms with Crippen LogP contribution in [0.5, 0.6) is 0 Å². The third-order valence-corrected chi connectivity index (χ3v) is 4.93. The van der Waals surface area contributed by atoms with Crippen LogP contribution >= 0.6 is 11.3 Å². The van der Waals surface area contributed by atoms with Crippen molar-refractivity contribution in [2.45, 2.75) is 6.92 Å². The second kappa shape index (κ2) is 8.26. The number of anilines is 2. The van der Waals surface area contributed by atoms with Crippen molar-refractivity contribution in [1.82, 2.24) is 14.6 Å². The van der Waals surface area contributed by atoms with E-state index in [1.54, 1.807) is 34.9 Å². The Balaban J connectivity index is 1.49. The van der Waals surface area contributed by atoms with Gasteiger partial charge in [0.15, 0.2) is 0 Å². The number of hydrogen-bond donors (Lipinski definition) is 2. The molecule has 4 rings (SSSR count). The highest BCUT2D eigenvalue weighted by atomic mass is 32.1. The summed E-state index contributed by atoms with van der Waals surface area (Å²) >= 11 is 1.40. The minimum absolute atomic E-state index is 0.134. The molecule has 0 saturated heterocycles. The maximum atomic E-state index is 12.9. The van der Waals surface area contributed by atoms with Gasteiger partial charge in [-0.25, -0.2) is 8.91 Å². The van der Waals surface area contributed by atoms with Crippen molar-refractivity contribution in [2.24, 2.45) is 0 Å². The van der Waals surface area contributed by atoms with Gasteiger partial charge in [-0.1, -0.05) is 24.3 Å². The number of nitrogens with one attached hydrogen (secondary N) is 2. The molecular formula is C21H16FN5O2S. The lowest BCUT2D eigenvalue weighted by Gasteiger charge is -2.03. The Morgan fingerprint density at radius 1 is 1.07 bits per heavy atom. The first-order valence-electron chi connectivity index (χ1n) is 8.95. The Labute approximate surface area is 174 Å². The SMILES string of the molecule is CC(=O)Nc1ccc(-c2csc3nc(NC(=O)/C=C/c4ccc(F)cc4)nn23)cc1. The van der Waals surface area contributed by atoms with E-state index >= 15 is 0 Å². The summed E-state index contributed by atoms with van der Waals surface area (Å²) in [5, 5.41) is 11.6. The maximum Gasteiger partial charge on any atom is 0.250 e. The molecule has 0 spiro atoms. The van der Waals surface area contributed by atoms with Gasteiger partial charge in [0.1, 0.15) is 5.82 Å². The number of amides is 2. The molecular weight excluding hydrogens is 405 g/mol. The van der Waals surface area contributed by atoms with Crippen molar-refractivity contribution in [2.75, 3.05) is 10.6 Å². The number of carbonyl (C=O) groups excluding carboxylic acids is 2. The standard InChI is InChI=1S/C21H16FN5O2S/c1-13(28)23-17-9-5-15(6-10-17)18-12-30-21-25-20(26-27(18)21)24-19(29)11-4-14-2-7-16(22)8-3-14/h2-12H,1H3,(H,23,28)(H,24,26,29)/b11-4+. The highest BCUT2D eigenvalue weighted by Crippen LogP contribution is 2.27. The first-order chi connectivity index (χ1) is 14.5. The van der Waals surface area contributed by atoms with Gasteiger partial charge < -0.3 is 5.32 Å². The van der Waals surface area contributed by atoms with Gasteiger partial charge in [0.25, 0.3) is 11.9 Å². The molecule has 30 heavy (non-hydrogen) atoms. The minimum atomic E-state index is -0.390. The Kier molecular flexibility index (Phi) is 5.36. The lowest BCUT2D eigenvalue weighted by Crippen LogP contribution is -2.09. The number of fused-ring (bicyclic) bond motifs is 1. The fourth-order valence-electron chi connectivity index (χ4n) is 2.76. The number of hydrogen-bond acceptors (Lipinski definition) is 5. The summed E-state index contributed by atoms with van der Waals surface area (Å²) in [5.41, 5.74) is 3.13. The Morgan fingerprint density at radius 3 is 2.50 bits per heavy atom. The number of carbonyl (C=O) groups is 2. The summed E-state index contributed by atoms with van der Waals surface area (Å²) in [4.78, 5) is 28.2. The van der Waals surface area contributed by atoms with Crippen LogP contribution in [0.1, 0.15) is 12.5 Å². The highest BCUT2D eigenvalue weighted by molar-refractivity contribution is 7.15. The van der Waals surface area contributed by atoms with Crippen LogP contribution in [0.15, 0.2) is 60.0 Å². The number of rotatable bonds is 5. The van der Waals surface area contributed by atoms with E-state index in [0.717, 1.165) is 11.3 Å². The van der Waals surface area contributed by atoms with Crippen molar-refractivity contribution in [3.63, 3.8) is 0 Å². The number of benzene rings is 2. The first kappa shape index (κ1) is 19.5. The van der Waals surface area contributed by atoms with Crippen LogP contribution in [0, 0.1) is 5.82 Å². The van der Waals surface area contributed by atoms with Crippen LogP contribution in [0.3, 0.4) is 0 Å². The van der Waals surface area contributed by atoms with Gasteiger partial charge in [-0.2, -0.15) is 4.98 Å². The quantitative estimate of drug-likeness (QED) is 0.473. The molecule has 0 fully saturated rings. The summed E-state index contributed by atoms with van der Waals surface area (Å²) in [6.07, 6.45) is 2.92. The van der Waals surface area contributed by atoms with Crippen LogP contribution in [-0.2, 0) is 9.59 Å². The fraction of sp³-hybridized carbons (Fsp3) is 0.0476. The lowest BCUT2D eigenvalue weighted by molar-refractivity contribution is -0.114. The average Bonchev–Trinajstić information content (AvgIpc) is 3.28. The number of thiazole rings is 1. The van der Waals surface area contributed by atoms with Crippen molar-refractivity contribution >= 4 is 45.8 Å². The molecule has 2 heterocycles. The molecule has 0 saturated carbocycles. The Morgan fingerprint density at radius 2 is 1.80 bits per heavy atom. The third-order valence-electron chi connectivity index (χ3n) is 4.11. The van der Waals surface area contributed by atoms with Gasteiger partial charge in [-0.05, 0) is 35.9 Å². The largest absolute Gasteiger partial charge is 0.326 e. The highest BCUT2D eigenvalue weighted by Gasteiger charge is 2.12. The van der Waals surface area contributed by atoms with E-state index < -0.39 is 5.91 Å². The zero-order chi connectivity index (χ0) is 21.1. The summed E-state index contributed by atoms with van der Waals surface area (Å²) < 4.78 is 14.6. The van der Waals surface area contributed by atoms with Crippen LogP contribution in [-0.4, -0.2) is 26.4 Å². The van der Waals surface area contributed by atoms with E-state index in [1.807, 2.05) is 17.5 Å². The molecule has 0 atom stereocenters. The number of aromatic nitrogens is 3. The van der Waals surface area contributed by atoms with Crippen molar-refractivity contribution in [1.29, 1.82) is 0 Å². The van der Waals surface area contributed by atoms with Crippen molar-refractivity contribution in [3.05, 3.63) is 71.4 Å². The predicted molar refractivity (Wildman–Crippen MR) is 115 cm³/mol. The van der Waals surface area contributed by atoms with E-state index in [-0.39, 0.29) is 17.7 Å². The molecule has 150 valence electrons. The molecule has 2 amide bonds. The second-order valence-corrected chi connectivity index (χ2v) is 7.22. The summed E-state index contributed by atoms with van der Waals surface area (Å²) in [6.45, 7) is 1.45. The lowest BCUT2D eigenvalue weighted by atomic mass is 10.1. The van der Waals surface area contributed by atoms with Crippen molar-refractivity contribution in [3.8, 4) is 11.3 Å². The molecule has 2 aromatic heterocycles. The van der Waals surface area contributed by atoms with Gasteiger partial charge in [0, 0.05) is 29.6 Å². The van der Waals surface area contributed by atoms with Gasteiger partial charge in [-0.15, -0.1) is 16.4 Å². The smallest absolute Gasteiger partial charge is 0.250 e. The van der Waals surface area contributed by atoms with E-state index in [9.17, 15) is 14.0 Å². The molecule has 0 aliphatic carbocycles. The van der Waals surface area contributed by atoms with Gasteiger partial charge >= 0.3 is 0 Å². The fourth-order valence-corrected chi connectivity index (χ4v) is 3.59. The van der Waals surface area contributed by atoms with E-state index in [1.165, 1.54) is 36.5 Å². The van der Waals surface area contributed by atoms with Crippen LogP contribution in [0.4, 0.5) is 16.0 Å². The normalized spacial score (nSPS) is 11.1.